The van der Waals surface area contributed by atoms with Crippen molar-refractivity contribution in [3.63, 3.8) is 0 Å². The van der Waals surface area contributed by atoms with Gasteiger partial charge in [0.2, 0.25) is 0 Å². The number of rotatable bonds is 3. The zero-order valence-electron chi connectivity index (χ0n) is 9.43. The van der Waals surface area contributed by atoms with Crippen LogP contribution in [0.5, 0.6) is 0 Å². The van der Waals surface area contributed by atoms with Gasteiger partial charge < -0.3 is 5.73 Å². The van der Waals surface area contributed by atoms with Gasteiger partial charge in [0.15, 0.2) is 0 Å². The summed E-state index contributed by atoms with van der Waals surface area (Å²) < 4.78 is 0. The van der Waals surface area contributed by atoms with Crippen LogP contribution in [0.4, 0.5) is 0 Å². The summed E-state index contributed by atoms with van der Waals surface area (Å²) in [6.07, 6.45) is 14.5. The van der Waals surface area contributed by atoms with Crippen molar-refractivity contribution in [2.45, 2.75) is 64.2 Å². The molecule has 0 spiro atoms. The lowest BCUT2D eigenvalue weighted by Crippen LogP contribution is -2.32. The number of hydrogen-bond acceptors (Lipinski definition) is 1. The molecule has 1 heteroatoms. The van der Waals surface area contributed by atoms with Crippen LogP contribution in [0.1, 0.15) is 64.2 Å². The lowest BCUT2D eigenvalue weighted by Gasteiger charge is -2.34. The normalized spacial score (nSPS) is 28.1. The van der Waals surface area contributed by atoms with Gasteiger partial charge in [-0.2, -0.15) is 0 Å². The van der Waals surface area contributed by atoms with Crippen LogP contribution < -0.4 is 5.73 Å². The van der Waals surface area contributed by atoms with E-state index in [4.69, 9.17) is 5.73 Å². The first-order chi connectivity index (χ1) is 6.85. The molecule has 0 atom stereocenters. The summed E-state index contributed by atoms with van der Waals surface area (Å²) in [6.45, 7) is 0.948. The monoisotopic (exact) mass is 195 g/mol. The van der Waals surface area contributed by atoms with E-state index in [9.17, 15) is 0 Å². The fraction of sp³-hybridized carbons (Fsp3) is 1.00. The molecule has 2 saturated carbocycles. The third kappa shape index (κ3) is 2.73. The average Bonchev–Trinajstić information content (AvgIpc) is 2.94. The molecule has 0 aromatic rings. The maximum Gasteiger partial charge on any atom is -0.00204 e. The van der Waals surface area contributed by atoms with Crippen molar-refractivity contribution in [1.82, 2.24) is 0 Å². The van der Waals surface area contributed by atoms with Gasteiger partial charge in [-0.05, 0) is 37.1 Å². The molecule has 0 heterocycles. The molecule has 0 aliphatic heterocycles. The van der Waals surface area contributed by atoms with Crippen molar-refractivity contribution < 1.29 is 0 Å². The van der Waals surface area contributed by atoms with Crippen LogP contribution in [0.15, 0.2) is 0 Å². The van der Waals surface area contributed by atoms with E-state index < -0.39 is 0 Å². The van der Waals surface area contributed by atoms with Gasteiger partial charge in [0, 0.05) is 0 Å². The van der Waals surface area contributed by atoms with Crippen molar-refractivity contribution in [2.75, 3.05) is 6.54 Å². The Morgan fingerprint density at radius 1 is 0.929 bits per heavy atom. The minimum Gasteiger partial charge on any atom is -0.330 e. The third-order valence-electron chi connectivity index (χ3n) is 4.27. The summed E-state index contributed by atoms with van der Waals surface area (Å²) in [7, 11) is 0. The highest BCUT2D eigenvalue weighted by molar-refractivity contribution is 4.88. The van der Waals surface area contributed by atoms with Gasteiger partial charge in [-0.1, -0.05) is 44.9 Å². The van der Waals surface area contributed by atoms with E-state index in [1.807, 2.05) is 0 Å². The first kappa shape index (κ1) is 10.5. The SMILES string of the molecule is NCC1(CC2CC2)CCCCCCC1. The largest absolute Gasteiger partial charge is 0.330 e. The van der Waals surface area contributed by atoms with Crippen LogP contribution in [0.25, 0.3) is 0 Å². The molecule has 2 aliphatic carbocycles. The van der Waals surface area contributed by atoms with Crippen molar-refractivity contribution in [3.8, 4) is 0 Å². The topological polar surface area (TPSA) is 26.0 Å². The van der Waals surface area contributed by atoms with Crippen LogP contribution in [0, 0.1) is 11.3 Å². The van der Waals surface area contributed by atoms with Crippen LogP contribution >= 0.6 is 0 Å². The minimum atomic E-state index is 0.557. The fourth-order valence-corrected chi connectivity index (χ4v) is 3.08. The van der Waals surface area contributed by atoms with E-state index in [2.05, 4.69) is 0 Å². The molecule has 2 aliphatic rings. The molecule has 0 aromatic heterocycles. The van der Waals surface area contributed by atoms with Gasteiger partial charge >= 0.3 is 0 Å². The quantitative estimate of drug-likeness (QED) is 0.733. The predicted octanol–water partition coefficient (Wildman–Crippen LogP) is 3.48. The lowest BCUT2D eigenvalue weighted by molar-refractivity contribution is 0.190. The van der Waals surface area contributed by atoms with Gasteiger partial charge in [0.05, 0.1) is 0 Å². The molecular weight excluding hydrogens is 170 g/mol. The molecule has 0 saturated heterocycles. The predicted molar refractivity (Wildman–Crippen MR) is 61.1 cm³/mol. The van der Waals surface area contributed by atoms with E-state index in [-0.39, 0.29) is 0 Å². The molecule has 0 amide bonds. The summed E-state index contributed by atoms with van der Waals surface area (Å²) in [5.41, 5.74) is 6.59. The van der Waals surface area contributed by atoms with Crippen LogP contribution in [0.2, 0.25) is 0 Å². The summed E-state index contributed by atoms with van der Waals surface area (Å²) >= 11 is 0. The minimum absolute atomic E-state index is 0.557. The molecule has 0 bridgehead atoms. The van der Waals surface area contributed by atoms with E-state index in [1.54, 1.807) is 0 Å². The second-order valence-corrected chi connectivity index (χ2v) is 5.62. The van der Waals surface area contributed by atoms with Gasteiger partial charge in [0.1, 0.15) is 0 Å². The second-order valence-electron chi connectivity index (χ2n) is 5.62. The first-order valence-corrected chi connectivity index (χ1v) is 6.55. The van der Waals surface area contributed by atoms with Gasteiger partial charge in [0.25, 0.3) is 0 Å². The van der Waals surface area contributed by atoms with E-state index in [0.29, 0.717) is 5.41 Å². The van der Waals surface area contributed by atoms with Gasteiger partial charge in [-0.15, -0.1) is 0 Å². The Hall–Kier alpha value is -0.0400. The Kier molecular flexibility index (Phi) is 3.48. The summed E-state index contributed by atoms with van der Waals surface area (Å²) in [4.78, 5) is 0. The number of hydrogen-bond donors (Lipinski definition) is 1. The van der Waals surface area contributed by atoms with E-state index in [0.717, 1.165) is 12.5 Å². The Bertz CT molecular complexity index is 164. The van der Waals surface area contributed by atoms with Gasteiger partial charge in [-0.3, -0.25) is 0 Å². The first-order valence-electron chi connectivity index (χ1n) is 6.55. The molecule has 1 nitrogen and oxygen atoms in total. The molecule has 2 N–H and O–H groups in total. The standard InChI is InChI=1S/C13H25N/c14-11-13(10-12-6-7-12)8-4-2-1-3-5-9-13/h12H,1-11,14H2. The molecular formula is C13H25N. The zero-order chi connectivity index (χ0) is 9.86. The maximum absolute atomic E-state index is 6.03. The lowest BCUT2D eigenvalue weighted by atomic mass is 9.73. The highest BCUT2D eigenvalue weighted by atomic mass is 14.6. The summed E-state index contributed by atoms with van der Waals surface area (Å²) in [6, 6.07) is 0. The Labute approximate surface area is 88.4 Å². The number of nitrogens with two attached hydrogens (primary N) is 1. The average molecular weight is 195 g/mol. The third-order valence-corrected chi connectivity index (χ3v) is 4.27. The molecule has 0 unspecified atom stereocenters. The smallest absolute Gasteiger partial charge is 0.00204 e. The molecule has 2 fully saturated rings. The molecule has 14 heavy (non-hydrogen) atoms. The Morgan fingerprint density at radius 2 is 1.50 bits per heavy atom. The van der Waals surface area contributed by atoms with Crippen molar-refractivity contribution in [1.29, 1.82) is 0 Å². The van der Waals surface area contributed by atoms with E-state index in [1.165, 1.54) is 64.2 Å². The summed E-state index contributed by atoms with van der Waals surface area (Å²) in [5, 5.41) is 0. The second kappa shape index (κ2) is 4.65. The fourth-order valence-electron chi connectivity index (χ4n) is 3.08. The van der Waals surface area contributed by atoms with E-state index >= 15 is 0 Å². The molecule has 82 valence electrons. The maximum atomic E-state index is 6.03. The zero-order valence-corrected chi connectivity index (χ0v) is 9.43. The van der Waals surface area contributed by atoms with Crippen molar-refractivity contribution >= 4 is 0 Å². The molecule has 0 radical (unpaired) electrons. The molecule has 0 aromatic carbocycles. The van der Waals surface area contributed by atoms with Crippen LogP contribution in [-0.4, -0.2) is 6.54 Å². The highest BCUT2D eigenvalue weighted by Crippen LogP contribution is 2.45. The Morgan fingerprint density at radius 3 is 2.00 bits per heavy atom. The highest BCUT2D eigenvalue weighted by Gasteiger charge is 2.35. The van der Waals surface area contributed by atoms with Crippen molar-refractivity contribution in [3.05, 3.63) is 0 Å². The van der Waals surface area contributed by atoms with Crippen molar-refractivity contribution in [2.24, 2.45) is 17.1 Å². The molecule has 2 rings (SSSR count). The summed E-state index contributed by atoms with van der Waals surface area (Å²) in [5.74, 6) is 1.05. The van der Waals surface area contributed by atoms with Crippen LogP contribution in [-0.2, 0) is 0 Å². The van der Waals surface area contributed by atoms with Gasteiger partial charge in [-0.25, -0.2) is 0 Å². The van der Waals surface area contributed by atoms with Crippen LogP contribution in [0.3, 0.4) is 0 Å². The Balaban J connectivity index is 1.90.